The Morgan fingerprint density at radius 1 is 1.40 bits per heavy atom. The van der Waals surface area contributed by atoms with Gasteiger partial charge in [-0.2, -0.15) is 0 Å². The highest BCUT2D eigenvalue weighted by atomic mass is 16.5. The molecule has 1 aromatic heterocycles. The molecule has 0 aliphatic carbocycles. The van der Waals surface area contributed by atoms with Gasteiger partial charge in [0.2, 0.25) is 0 Å². The number of morpholine rings is 1. The van der Waals surface area contributed by atoms with Gasteiger partial charge in [-0.3, -0.25) is 4.98 Å². The number of pyridine rings is 1. The summed E-state index contributed by atoms with van der Waals surface area (Å²) in [5.41, 5.74) is 2.28. The van der Waals surface area contributed by atoms with E-state index in [9.17, 15) is 0 Å². The molecule has 1 N–H and O–H groups in total. The zero-order valence-corrected chi connectivity index (χ0v) is 8.53. The molecule has 4 nitrogen and oxygen atoms in total. The minimum Gasteiger partial charge on any atom is -0.491 e. The fourth-order valence-electron chi connectivity index (χ4n) is 2.03. The van der Waals surface area contributed by atoms with Crippen LogP contribution in [0.25, 0.3) is 0 Å². The number of rotatable bonds is 1. The van der Waals surface area contributed by atoms with Gasteiger partial charge in [-0.1, -0.05) is 0 Å². The zero-order chi connectivity index (χ0) is 10.1. The van der Waals surface area contributed by atoms with E-state index in [0.29, 0.717) is 0 Å². The second-order valence-electron chi connectivity index (χ2n) is 3.88. The molecule has 1 aromatic rings. The highest BCUT2D eigenvalue weighted by molar-refractivity contribution is 5.36. The van der Waals surface area contributed by atoms with E-state index < -0.39 is 0 Å². The summed E-state index contributed by atoms with van der Waals surface area (Å²) < 4.78 is 11.1. The first-order chi connectivity index (χ1) is 7.43. The van der Waals surface area contributed by atoms with Gasteiger partial charge < -0.3 is 14.8 Å². The molecule has 0 bridgehead atoms. The maximum absolute atomic E-state index is 5.66. The van der Waals surface area contributed by atoms with Gasteiger partial charge in [0.25, 0.3) is 0 Å². The molecule has 2 aliphatic rings. The molecule has 2 aliphatic heterocycles. The van der Waals surface area contributed by atoms with Crippen molar-refractivity contribution < 1.29 is 9.47 Å². The first-order valence-corrected chi connectivity index (χ1v) is 5.37. The smallest absolute Gasteiger partial charge is 0.140 e. The molecule has 3 heterocycles. The van der Waals surface area contributed by atoms with E-state index in [2.05, 4.69) is 16.4 Å². The fraction of sp³-hybridized carbons (Fsp3) is 0.545. The van der Waals surface area contributed by atoms with Gasteiger partial charge in [-0.15, -0.1) is 0 Å². The summed E-state index contributed by atoms with van der Waals surface area (Å²) in [5, 5.41) is 3.30. The van der Waals surface area contributed by atoms with E-state index in [0.717, 1.165) is 44.2 Å². The van der Waals surface area contributed by atoms with E-state index in [-0.39, 0.29) is 6.10 Å². The molecular formula is C11H14N2O2. The van der Waals surface area contributed by atoms with Gasteiger partial charge in [0.05, 0.1) is 25.1 Å². The molecule has 4 heteroatoms. The van der Waals surface area contributed by atoms with Crippen LogP contribution in [0, 0.1) is 0 Å². The first-order valence-electron chi connectivity index (χ1n) is 5.37. The summed E-state index contributed by atoms with van der Waals surface area (Å²) in [6, 6.07) is 2.11. The second kappa shape index (κ2) is 3.79. The van der Waals surface area contributed by atoms with Crippen molar-refractivity contribution in [3.05, 3.63) is 23.5 Å². The van der Waals surface area contributed by atoms with Gasteiger partial charge >= 0.3 is 0 Å². The number of fused-ring (bicyclic) bond motifs is 1. The number of nitrogens with zero attached hydrogens (tertiary/aromatic N) is 1. The zero-order valence-electron chi connectivity index (χ0n) is 8.53. The van der Waals surface area contributed by atoms with Crippen molar-refractivity contribution in [3.8, 4) is 5.75 Å². The fourth-order valence-corrected chi connectivity index (χ4v) is 2.03. The largest absolute Gasteiger partial charge is 0.491 e. The average Bonchev–Trinajstić information content (AvgIpc) is 2.77. The lowest BCUT2D eigenvalue weighted by atomic mass is 10.1. The van der Waals surface area contributed by atoms with Crippen LogP contribution < -0.4 is 10.1 Å². The van der Waals surface area contributed by atoms with Crippen molar-refractivity contribution in [2.75, 3.05) is 26.3 Å². The Labute approximate surface area is 88.6 Å². The minimum absolute atomic E-state index is 0.102. The Hall–Kier alpha value is -1.13. The SMILES string of the molecule is c1c(C2CNCCO2)ncc2c1CCO2. The van der Waals surface area contributed by atoms with Crippen LogP contribution in [0.1, 0.15) is 17.4 Å². The molecule has 0 saturated carbocycles. The van der Waals surface area contributed by atoms with E-state index >= 15 is 0 Å². The minimum atomic E-state index is 0.102. The molecule has 0 aromatic carbocycles. The van der Waals surface area contributed by atoms with Crippen LogP contribution in [0.5, 0.6) is 5.75 Å². The van der Waals surface area contributed by atoms with E-state index in [1.807, 2.05) is 6.20 Å². The van der Waals surface area contributed by atoms with Crippen molar-refractivity contribution in [1.29, 1.82) is 0 Å². The first kappa shape index (κ1) is 9.12. The van der Waals surface area contributed by atoms with E-state index in [4.69, 9.17) is 9.47 Å². The molecule has 15 heavy (non-hydrogen) atoms. The standard InChI is InChI=1S/C11H14N2O2/c1-3-14-10-7-13-9(5-8(1)10)11-6-12-2-4-15-11/h5,7,11-12H,1-4,6H2. The van der Waals surface area contributed by atoms with Gasteiger partial charge in [0, 0.05) is 25.1 Å². The molecule has 3 rings (SSSR count). The van der Waals surface area contributed by atoms with Crippen LogP contribution in [0.4, 0.5) is 0 Å². The molecule has 80 valence electrons. The lowest BCUT2D eigenvalue weighted by molar-refractivity contribution is 0.0250. The van der Waals surface area contributed by atoms with Crippen molar-refractivity contribution in [1.82, 2.24) is 10.3 Å². The molecule has 0 radical (unpaired) electrons. The third-order valence-corrected chi connectivity index (χ3v) is 2.86. The van der Waals surface area contributed by atoms with E-state index in [1.165, 1.54) is 5.56 Å². The quantitative estimate of drug-likeness (QED) is 0.733. The predicted molar refractivity (Wildman–Crippen MR) is 55.0 cm³/mol. The second-order valence-corrected chi connectivity index (χ2v) is 3.88. The van der Waals surface area contributed by atoms with Crippen molar-refractivity contribution >= 4 is 0 Å². The predicted octanol–water partition coefficient (Wildman–Crippen LogP) is 0.677. The lowest BCUT2D eigenvalue weighted by Gasteiger charge is -2.23. The molecule has 0 amide bonds. The monoisotopic (exact) mass is 206 g/mol. The highest BCUT2D eigenvalue weighted by Gasteiger charge is 2.20. The molecule has 1 atom stereocenters. The number of ether oxygens (including phenoxy) is 2. The number of hydrogen-bond acceptors (Lipinski definition) is 4. The molecular weight excluding hydrogens is 192 g/mol. The van der Waals surface area contributed by atoms with Crippen LogP contribution >= 0.6 is 0 Å². The summed E-state index contributed by atoms with van der Waals surface area (Å²) in [6.45, 7) is 3.33. The summed E-state index contributed by atoms with van der Waals surface area (Å²) in [5.74, 6) is 0.933. The Morgan fingerprint density at radius 2 is 2.40 bits per heavy atom. The topological polar surface area (TPSA) is 43.4 Å². The molecule has 0 spiro atoms. The van der Waals surface area contributed by atoms with Crippen molar-refractivity contribution in [3.63, 3.8) is 0 Å². The average molecular weight is 206 g/mol. The third kappa shape index (κ3) is 1.70. The summed E-state index contributed by atoms with van der Waals surface area (Å²) in [4.78, 5) is 4.38. The van der Waals surface area contributed by atoms with Gasteiger partial charge in [0.15, 0.2) is 0 Å². The number of aromatic nitrogens is 1. The van der Waals surface area contributed by atoms with Crippen LogP contribution in [0.2, 0.25) is 0 Å². The number of nitrogens with one attached hydrogen (secondary N) is 1. The van der Waals surface area contributed by atoms with Crippen LogP contribution in [0.15, 0.2) is 12.3 Å². The summed E-state index contributed by atoms with van der Waals surface area (Å²) in [6.07, 6.45) is 2.91. The Kier molecular flexibility index (Phi) is 2.31. The number of hydrogen-bond donors (Lipinski definition) is 1. The summed E-state index contributed by atoms with van der Waals surface area (Å²) in [7, 11) is 0. The van der Waals surface area contributed by atoms with Crippen LogP contribution in [0.3, 0.4) is 0 Å². The van der Waals surface area contributed by atoms with Gasteiger partial charge in [-0.25, -0.2) is 0 Å². The van der Waals surface area contributed by atoms with Crippen molar-refractivity contribution in [2.45, 2.75) is 12.5 Å². The Bertz CT molecular complexity index is 362. The third-order valence-electron chi connectivity index (χ3n) is 2.86. The van der Waals surface area contributed by atoms with Crippen LogP contribution in [-0.4, -0.2) is 31.3 Å². The van der Waals surface area contributed by atoms with Crippen LogP contribution in [-0.2, 0) is 11.2 Å². The summed E-state index contributed by atoms with van der Waals surface area (Å²) >= 11 is 0. The Balaban J connectivity index is 1.85. The molecule has 1 unspecified atom stereocenters. The Morgan fingerprint density at radius 3 is 3.27 bits per heavy atom. The molecule has 1 fully saturated rings. The lowest BCUT2D eigenvalue weighted by Crippen LogP contribution is -2.33. The highest BCUT2D eigenvalue weighted by Crippen LogP contribution is 2.27. The van der Waals surface area contributed by atoms with Gasteiger partial charge in [0.1, 0.15) is 11.9 Å². The maximum atomic E-state index is 5.66. The normalized spacial score (nSPS) is 24.7. The van der Waals surface area contributed by atoms with E-state index in [1.54, 1.807) is 0 Å². The maximum Gasteiger partial charge on any atom is 0.140 e. The van der Waals surface area contributed by atoms with Crippen molar-refractivity contribution in [2.24, 2.45) is 0 Å². The van der Waals surface area contributed by atoms with Gasteiger partial charge in [-0.05, 0) is 6.07 Å². The molecule has 1 saturated heterocycles.